The Hall–Kier alpha value is -4.41. The Bertz CT molecular complexity index is 1300. The first-order valence-electron chi connectivity index (χ1n) is 16.4. The fourth-order valence-electron chi connectivity index (χ4n) is 4.47. The predicted molar refractivity (Wildman–Crippen MR) is 181 cm³/mol. The van der Waals surface area contributed by atoms with Gasteiger partial charge in [-0.3, -0.25) is 14.4 Å². The van der Waals surface area contributed by atoms with Crippen molar-refractivity contribution in [3.63, 3.8) is 0 Å². The Balaban J connectivity index is 1.74. The van der Waals surface area contributed by atoms with E-state index in [4.69, 9.17) is 9.47 Å². The molecule has 0 aliphatic rings. The van der Waals surface area contributed by atoms with Crippen LogP contribution in [0.4, 0.5) is 9.59 Å². The van der Waals surface area contributed by atoms with Gasteiger partial charge in [-0.15, -0.1) is 0 Å². The molecule has 0 saturated heterocycles. The zero-order valence-electron chi connectivity index (χ0n) is 28.7. The summed E-state index contributed by atoms with van der Waals surface area (Å²) in [6.07, 6.45) is 3.73. The molecule has 0 aliphatic heterocycles. The lowest BCUT2D eigenvalue weighted by atomic mass is 10.0. The van der Waals surface area contributed by atoms with Gasteiger partial charge in [-0.2, -0.15) is 0 Å². The Morgan fingerprint density at radius 3 is 1.66 bits per heavy atom. The number of carbonyl (C=O) groups is 5. The van der Waals surface area contributed by atoms with Gasteiger partial charge in [0.05, 0.1) is 0 Å². The largest absolute Gasteiger partial charge is 0.444 e. The second-order valence-electron chi connectivity index (χ2n) is 13.4. The van der Waals surface area contributed by atoms with E-state index in [0.29, 0.717) is 55.6 Å². The molecule has 2 aromatic rings. The molecule has 0 spiro atoms. The predicted octanol–water partition coefficient (Wildman–Crippen LogP) is 5.91. The summed E-state index contributed by atoms with van der Waals surface area (Å²) in [5.74, 6) is -0.664. The summed E-state index contributed by atoms with van der Waals surface area (Å²) in [6.45, 7) is 12.1. The summed E-state index contributed by atoms with van der Waals surface area (Å²) in [7, 11) is 0. The van der Waals surface area contributed by atoms with Gasteiger partial charge in [-0.1, -0.05) is 55.3 Å². The van der Waals surface area contributed by atoms with Gasteiger partial charge in [0, 0.05) is 36.3 Å². The van der Waals surface area contributed by atoms with E-state index in [1.165, 1.54) is 0 Å². The smallest absolute Gasteiger partial charge is 0.408 e. The van der Waals surface area contributed by atoms with Crippen LogP contribution in [0.1, 0.15) is 113 Å². The number of carbonyl (C=O) groups excluding carboxylic acids is 5. The van der Waals surface area contributed by atoms with Crippen molar-refractivity contribution in [1.29, 1.82) is 0 Å². The number of unbranched alkanes of at least 4 members (excludes halogenated alkanes) is 4. The van der Waals surface area contributed by atoms with Crippen molar-refractivity contribution >= 4 is 29.8 Å². The topological polar surface area (TPSA) is 152 Å². The number of ether oxygens (including phenoxy) is 2. The number of amides is 4. The van der Waals surface area contributed by atoms with Crippen molar-refractivity contribution in [3.8, 4) is 0 Å². The SMILES string of the molecule is CC(C)(C)OC(=O)NCCCCCCNC(=O)[C@H](CCCCNC(=O)c1ccc(C(=O)c2ccccc2)cc1)NC(=O)OC(C)(C)C. The highest BCUT2D eigenvalue weighted by atomic mass is 16.6. The third-order valence-electron chi connectivity index (χ3n) is 6.73. The Labute approximate surface area is 278 Å². The lowest BCUT2D eigenvalue weighted by molar-refractivity contribution is -0.123. The van der Waals surface area contributed by atoms with Crippen molar-refractivity contribution in [2.75, 3.05) is 19.6 Å². The quantitative estimate of drug-likeness (QED) is 0.122. The summed E-state index contributed by atoms with van der Waals surface area (Å²) in [6, 6.07) is 14.7. The van der Waals surface area contributed by atoms with E-state index in [0.717, 1.165) is 25.7 Å². The number of hydrogen-bond acceptors (Lipinski definition) is 7. The molecule has 0 unspecified atom stereocenters. The van der Waals surface area contributed by atoms with Crippen LogP contribution in [0.2, 0.25) is 0 Å². The summed E-state index contributed by atoms with van der Waals surface area (Å²) < 4.78 is 10.6. The van der Waals surface area contributed by atoms with Crippen LogP contribution in [0.25, 0.3) is 0 Å². The van der Waals surface area contributed by atoms with Crippen molar-refractivity contribution in [1.82, 2.24) is 21.3 Å². The molecule has 1 atom stereocenters. The zero-order valence-corrected chi connectivity index (χ0v) is 28.7. The minimum Gasteiger partial charge on any atom is -0.444 e. The van der Waals surface area contributed by atoms with Crippen LogP contribution in [0.3, 0.4) is 0 Å². The normalized spacial score (nSPS) is 12.0. The molecule has 0 radical (unpaired) electrons. The van der Waals surface area contributed by atoms with Crippen LogP contribution in [0.15, 0.2) is 54.6 Å². The number of benzene rings is 2. The number of alkyl carbamates (subject to hydrolysis) is 2. The summed E-state index contributed by atoms with van der Waals surface area (Å²) in [4.78, 5) is 62.3. The van der Waals surface area contributed by atoms with Gasteiger partial charge in [0.1, 0.15) is 17.2 Å². The first-order chi connectivity index (χ1) is 22.1. The van der Waals surface area contributed by atoms with E-state index >= 15 is 0 Å². The third-order valence-corrected chi connectivity index (χ3v) is 6.73. The van der Waals surface area contributed by atoms with Crippen LogP contribution in [0.5, 0.6) is 0 Å². The molecule has 0 saturated carbocycles. The third kappa shape index (κ3) is 16.6. The maximum atomic E-state index is 13.0. The van der Waals surface area contributed by atoms with Gasteiger partial charge in [0.25, 0.3) is 5.91 Å². The van der Waals surface area contributed by atoms with Crippen molar-refractivity contribution in [3.05, 3.63) is 71.3 Å². The van der Waals surface area contributed by atoms with E-state index in [2.05, 4.69) is 21.3 Å². The average Bonchev–Trinajstić information content (AvgIpc) is 2.99. The first kappa shape index (κ1) is 38.8. The monoisotopic (exact) mass is 652 g/mol. The molecule has 2 rings (SSSR count). The molecule has 4 amide bonds. The first-order valence-corrected chi connectivity index (χ1v) is 16.4. The van der Waals surface area contributed by atoms with Gasteiger partial charge in [-0.05, 0) is 85.8 Å². The van der Waals surface area contributed by atoms with E-state index in [-0.39, 0.29) is 17.6 Å². The Morgan fingerprint density at radius 2 is 1.06 bits per heavy atom. The number of nitrogens with one attached hydrogen (secondary N) is 4. The molecule has 11 nitrogen and oxygen atoms in total. The Morgan fingerprint density at radius 1 is 0.574 bits per heavy atom. The lowest BCUT2D eigenvalue weighted by Gasteiger charge is -2.23. The van der Waals surface area contributed by atoms with Gasteiger partial charge >= 0.3 is 12.2 Å². The van der Waals surface area contributed by atoms with Crippen LogP contribution in [0, 0.1) is 0 Å². The highest BCUT2D eigenvalue weighted by Crippen LogP contribution is 2.12. The molecular weight excluding hydrogens is 600 g/mol. The molecule has 4 N–H and O–H groups in total. The fourth-order valence-corrected chi connectivity index (χ4v) is 4.47. The molecule has 11 heteroatoms. The summed E-state index contributed by atoms with van der Waals surface area (Å²) in [5, 5.41) is 11.2. The van der Waals surface area contributed by atoms with Crippen LogP contribution >= 0.6 is 0 Å². The molecule has 0 aromatic heterocycles. The van der Waals surface area contributed by atoms with Crippen LogP contribution in [-0.2, 0) is 14.3 Å². The standard InChI is InChI=1S/C36H52N4O7/c1-35(2,3)46-33(44)39-25-14-8-7-13-23-38-32(43)29(40-34(45)47-36(4,5)6)18-12-15-24-37-31(42)28-21-19-27(20-22-28)30(41)26-16-10-9-11-17-26/h9-11,16-17,19-22,29H,7-8,12-15,18,23-25H2,1-6H3,(H,37,42)(H,38,43)(H,39,44)(H,40,45)/t29-/m0/s1. The average molecular weight is 653 g/mol. The fraction of sp³-hybridized carbons (Fsp3) is 0.528. The van der Waals surface area contributed by atoms with Gasteiger partial charge in [-0.25, -0.2) is 9.59 Å². The minimum atomic E-state index is -0.784. The Kier molecular flexibility index (Phi) is 15.9. The molecule has 0 heterocycles. The highest BCUT2D eigenvalue weighted by Gasteiger charge is 2.24. The maximum Gasteiger partial charge on any atom is 0.408 e. The van der Waals surface area contributed by atoms with Crippen LogP contribution < -0.4 is 21.3 Å². The molecule has 47 heavy (non-hydrogen) atoms. The van der Waals surface area contributed by atoms with Gasteiger partial charge in [0.15, 0.2) is 5.78 Å². The highest BCUT2D eigenvalue weighted by molar-refractivity contribution is 6.09. The van der Waals surface area contributed by atoms with E-state index in [1.807, 2.05) is 26.8 Å². The van der Waals surface area contributed by atoms with Crippen molar-refractivity contribution < 1.29 is 33.4 Å². The van der Waals surface area contributed by atoms with E-state index in [9.17, 15) is 24.0 Å². The van der Waals surface area contributed by atoms with Gasteiger partial charge < -0.3 is 30.7 Å². The number of hydrogen-bond donors (Lipinski definition) is 4. The molecule has 0 fully saturated rings. The second-order valence-corrected chi connectivity index (χ2v) is 13.4. The molecule has 2 aromatic carbocycles. The zero-order chi connectivity index (χ0) is 34.9. The maximum absolute atomic E-state index is 13.0. The van der Waals surface area contributed by atoms with Crippen LogP contribution in [-0.4, -0.2) is 66.7 Å². The molecule has 0 bridgehead atoms. The number of rotatable bonds is 17. The van der Waals surface area contributed by atoms with Crippen molar-refractivity contribution in [2.24, 2.45) is 0 Å². The number of ketones is 1. The molecular formula is C36H52N4O7. The van der Waals surface area contributed by atoms with E-state index < -0.39 is 29.4 Å². The summed E-state index contributed by atoms with van der Waals surface area (Å²) in [5.41, 5.74) is 0.287. The molecule has 258 valence electrons. The summed E-state index contributed by atoms with van der Waals surface area (Å²) >= 11 is 0. The lowest BCUT2D eigenvalue weighted by Crippen LogP contribution is -2.48. The van der Waals surface area contributed by atoms with Crippen molar-refractivity contribution in [2.45, 2.75) is 104 Å². The van der Waals surface area contributed by atoms with Gasteiger partial charge in [0.2, 0.25) is 5.91 Å². The minimum absolute atomic E-state index is 0.110. The molecule has 0 aliphatic carbocycles. The second kappa shape index (κ2) is 19.3. The van der Waals surface area contributed by atoms with E-state index in [1.54, 1.807) is 69.3 Å².